The van der Waals surface area contributed by atoms with E-state index in [0.29, 0.717) is 0 Å². The maximum atomic E-state index is 2.30. The third kappa shape index (κ3) is 9.55. The molecule has 43 heavy (non-hydrogen) atoms. The third-order valence-electron chi connectivity index (χ3n) is 9.01. The fourth-order valence-corrected chi connectivity index (χ4v) is 5.01. The highest BCUT2D eigenvalue weighted by molar-refractivity contribution is 5.66. The Morgan fingerprint density at radius 3 is 0.791 bits per heavy atom. The van der Waals surface area contributed by atoms with E-state index in [1.807, 2.05) is 0 Å². The normalized spacial score (nSPS) is 10.4. The van der Waals surface area contributed by atoms with Gasteiger partial charge in [0, 0.05) is 0 Å². The fraction of sp³-hybridized carbons (Fsp3) is 0.302. The van der Waals surface area contributed by atoms with Crippen molar-refractivity contribution in [3.63, 3.8) is 0 Å². The minimum atomic E-state index is 1.03. The Balaban J connectivity index is 0.000000183. The van der Waals surface area contributed by atoms with Gasteiger partial charge in [0.25, 0.3) is 0 Å². The van der Waals surface area contributed by atoms with Crippen molar-refractivity contribution in [2.75, 3.05) is 0 Å². The van der Waals surface area contributed by atoms with Gasteiger partial charge in [0.15, 0.2) is 0 Å². The Hall–Kier alpha value is -3.90. The summed E-state index contributed by atoms with van der Waals surface area (Å²) in [5, 5.41) is 0. The average molecular weight is 569 g/mol. The lowest BCUT2D eigenvalue weighted by molar-refractivity contribution is 1.15. The lowest BCUT2D eigenvalue weighted by Gasteiger charge is -2.08. The van der Waals surface area contributed by atoms with Gasteiger partial charge in [0.05, 0.1) is 0 Å². The molecule has 0 saturated heterocycles. The van der Waals surface area contributed by atoms with Crippen molar-refractivity contribution < 1.29 is 0 Å². The van der Waals surface area contributed by atoms with Gasteiger partial charge >= 0.3 is 0 Å². The van der Waals surface area contributed by atoms with E-state index in [1.165, 1.54) is 89.0 Å². The average Bonchev–Trinajstić information content (AvgIpc) is 2.95. The van der Waals surface area contributed by atoms with E-state index in [-0.39, 0.29) is 0 Å². The van der Waals surface area contributed by atoms with Crippen LogP contribution in [-0.2, 0) is 6.42 Å². The zero-order chi connectivity index (χ0) is 31.8. The summed E-state index contributed by atoms with van der Waals surface area (Å²) in [7, 11) is 0. The number of hydrogen-bond acceptors (Lipinski definition) is 0. The summed E-state index contributed by atoms with van der Waals surface area (Å²) in [6, 6.07) is 31.3. The predicted octanol–water partition coefficient (Wildman–Crippen LogP) is 12.0. The molecular formula is C43H52. The SMILES string of the molecule is Cc1cc(C)c(C)cc1C.Cc1ccc(-c2ccc(C)c(C)c2)cc1C.Cc1ccc(Cc2ccc(C)c(C)c2)cc1C. The molecule has 0 aliphatic heterocycles. The van der Waals surface area contributed by atoms with Crippen molar-refractivity contribution in [2.24, 2.45) is 0 Å². The van der Waals surface area contributed by atoms with E-state index in [0.717, 1.165) is 6.42 Å². The summed E-state index contributed by atoms with van der Waals surface area (Å²) in [4.78, 5) is 0. The minimum Gasteiger partial charge on any atom is -0.0588 e. The molecule has 0 spiro atoms. The molecule has 224 valence electrons. The molecule has 0 amide bonds. The van der Waals surface area contributed by atoms with Crippen molar-refractivity contribution in [3.8, 4) is 11.1 Å². The summed E-state index contributed by atoms with van der Waals surface area (Å²) < 4.78 is 0. The summed E-state index contributed by atoms with van der Waals surface area (Å²) in [6.07, 6.45) is 1.03. The second kappa shape index (κ2) is 15.0. The monoisotopic (exact) mass is 568 g/mol. The van der Waals surface area contributed by atoms with Crippen molar-refractivity contribution in [1.82, 2.24) is 0 Å². The van der Waals surface area contributed by atoms with Gasteiger partial charge in [0.2, 0.25) is 0 Å². The van der Waals surface area contributed by atoms with Crippen molar-refractivity contribution >= 4 is 0 Å². The first-order valence-electron chi connectivity index (χ1n) is 15.6. The molecule has 0 bridgehead atoms. The van der Waals surface area contributed by atoms with Crippen LogP contribution in [0.15, 0.2) is 84.9 Å². The van der Waals surface area contributed by atoms with Gasteiger partial charge in [-0.05, 0) is 179 Å². The van der Waals surface area contributed by atoms with Gasteiger partial charge in [-0.25, -0.2) is 0 Å². The molecule has 0 nitrogen and oxygen atoms in total. The highest BCUT2D eigenvalue weighted by Crippen LogP contribution is 2.24. The van der Waals surface area contributed by atoms with Crippen LogP contribution in [-0.4, -0.2) is 0 Å². The molecule has 5 aromatic rings. The predicted molar refractivity (Wildman–Crippen MR) is 191 cm³/mol. The number of aryl methyl sites for hydroxylation is 12. The Morgan fingerprint density at radius 2 is 0.512 bits per heavy atom. The first-order chi connectivity index (χ1) is 20.2. The largest absolute Gasteiger partial charge is 0.0588 e. The van der Waals surface area contributed by atoms with Crippen LogP contribution in [0.1, 0.15) is 77.9 Å². The number of rotatable bonds is 3. The van der Waals surface area contributed by atoms with Crippen molar-refractivity contribution in [1.29, 1.82) is 0 Å². The molecule has 0 radical (unpaired) electrons. The van der Waals surface area contributed by atoms with E-state index >= 15 is 0 Å². The van der Waals surface area contributed by atoms with Crippen LogP contribution in [0.4, 0.5) is 0 Å². The Labute approximate surface area is 262 Å². The fourth-order valence-electron chi connectivity index (χ4n) is 5.01. The molecule has 5 aromatic carbocycles. The third-order valence-corrected chi connectivity index (χ3v) is 9.01. The van der Waals surface area contributed by atoms with E-state index in [1.54, 1.807) is 0 Å². The molecule has 0 aliphatic rings. The second-order valence-electron chi connectivity index (χ2n) is 12.6. The molecule has 5 rings (SSSR count). The molecule has 0 aromatic heterocycles. The lowest BCUT2D eigenvalue weighted by atomic mass is 9.98. The maximum absolute atomic E-state index is 2.30. The topological polar surface area (TPSA) is 0 Å². The summed E-state index contributed by atoms with van der Waals surface area (Å²) in [6.45, 7) is 25.9. The molecule has 0 saturated carbocycles. The van der Waals surface area contributed by atoms with Gasteiger partial charge in [0.1, 0.15) is 0 Å². The van der Waals surface area contributed by atoms with E-state index < -0.39 is 0 Å². The molecule has 0 atom stereocenters. The van der Waals surface area contributed by atoms with E-state index in [4.69, 9.17) is 0 Å². The number of hydrogen-bond donors (Lipinski definition) is 0. The van der Waals surface area contributed by atoms with Crippen LogP contribution in [0.2, 0.25) is 0 Å². The van der Waals surface area contributed by atoms with Gasteiger partial charge in [-0.15, -0.1) is 0 Å². The minimum absolute atomic E-state index is 1.03. The maximum Gasteiger partial charge on any atom is -0.00256 e. The van der Waals surface area contributed by atoms with Gasteiger partial charge in [-0.3, -0.25) is 0 Å². The molecule has 0 unspecified atom stereocenters. The van der Waals surface area contributed by atoms with Crippen molar-refractivity contribution in [3.05, 3.63) is 163 Å². The van der Waals surface area contributed by atoms with Crippen LogP contribution in [0, 0.1) is 83.1 Å². The molecule has 0 N–H and O–H groups in total. The van der Waals surface area contributed by atoms with Crippen LogP contribution >= 0.6 is 0 Å². The Morgan fingerprint density at radius 1 is 0.256 bits per heavy atom. The summed E-state index contributed by atoms with van der Waals surface area (Å²) in [5.74, 6) is 0. The summed E-state index contributed by atoms with van der Waals surface area (Å²) >= 11 is 0. The highest BCUT2D eigenvalue weighted by Gasteiger charge is 2.02. The molecule has 0 heteroatoms. The molecule has 0 fully saturated rings. The van der Waals surface area contributed by atoms with Crippen LogP contribution < -0.4 is 0 Å². The van der Waals surface area contributed by atoms with E-state index in [9.17, 15) is 0 Å². The van der Waals surface area contributed by atoms with E-state index in [2.05, 4.69) is 168 Å². The van der Waals surface area contributed by atoms with Gasteiger partial charge < -0.3 is 0 Å². The highest BCUT2D eigenvalue weighted by atomic mass is 14.1. The van der Waals surface area contributed by atoms with Crippen molar-refractivity contribution in [2.45, 2.75) is 89.5 Å². The van der Waals surface area contributed by atoms with Gasteiger partial charge in [-0.1, -0.05) is 84.9 Å². The molecule has 0 heterocycles. The smallest absolute Gasteiger partial charge is 0.00256 e. The Bertz CT molecular complexity index is 1550. The first-order valence-corrected chi connectivity index (χ1v) is 15.6. The zero-order valence-electron chi connectivity index (χ0n) is 28.8. The zero-order valence-corrected chi connectivity index (χ0v) is 28.8. The molecular weight excluding hydrogens is 516 g/mol. The second-order valence-corrected chi connectivity index (χ2v) is 12.6. The first kappa shape index (κ1) is 33.6. The lowest BCUT2D eigenvalue weighted by Crippen LogP contribution is -1.92. The van der Waals surface area contributed by atoms with Gasteiger partial charge in [-0.2, -0.15) is 0 Å². The van der Waals surface area contributed by atoms with Crippen LogP contribution in [0.3, 0.4) is 0 Å². The molecule has 0 aliphatic carbocycles. The number of benzene rings is 5. The Kier molecular flexibility index (Phi) is 11.7. The standard InChI is InChI=1S/C17H20.C16H18.C10H14/c1-12-5-7-16(9-14(12)3)11-17-8-6-13(2)15(4)10-17;1-11-5-7-15(9-13(11)3)16-8-6-12(2)14(4)10-16;1-7-5-9(3)10(4)6-8(7)2/h5-10H,11H2,1-4H3;5-10H,1-4H3;5-6H,1-4H3. The summed E-state index contributed by atoms with van der Waals surface area (Å²) in [5.41, 5.74) is 21.9. The van der Waals surface area contributed by atoms with Crippen LogP contribution in [0.25, 0.3) is 11.1 Å². The quantitative estimate of drug-likeness (QED) is 0.203. The van der Waals surface area contributed by atoms with Crippen LogP contribution in [0.5, 0.6) is 0 Å².